The van der Waals surface area contributed by atoms with Crippen LogP contribution in [0.5, 0.6) is 0 Å². The Morgan fingerprint density at radius 2 is 2.20 bits per heavy atom. The van der Waals surface area contributed by atoms with E-state index >= 15 is 0 Å². The van der Waals surface area contributed by atoms with Gasteiger partial charge >= 0.3 is 0 Å². The third-order valence-electron chi connectivity index (χ3n) is 1.51. The Morgan fingerprint density at radius 3 is 2.60 bits per heavy atom. The fourth-order valence-corrected chi connectivity index (χ4v) is 1.27. The first-order chi connectivity index (χ1) is 6.97. The van der Waals surface area contributed by atoms with Crippen LogP contribution in [-0.2, 0) is 0 Å². The number of halogens is 4. The van der Waals surface area contributed by atoms with E-state index in [1.54, 1.807) is 6.07 Å². The lowest BCUT2D eigenvalue weighted by atomic mass is 10.2. The zero-order valence-electron chi connectivity index (χ0n) is 6.97. The largest absolute Gasteiger partial charge is 0.280 e. The van der Waals surface area contributed by atoms with Gasteiger partial charge in [0.2, 0.25) is 0 Å². The molecular formula is C8H2Cl2F2N2O. The lowest BCUT2D eigenvalue weighted by Gasteiger charge is -2.04. The Kier molecular flexibility index (Phi) is 3.56. The van der Waals surface area contributed by atoms with Crippen molar-refractivity contribution in [1.82, 2.24) is 4.98 Å². The van der Waals surface area contributed by atoms with E-state index in [0.29, 0.717) is 0 Å². The van der Waals surface area contributed by atoms with Crippen molar-refractivity contribution in [1.29, 1.82) is 5.26 Å². The quantitative estimate of drug-likeness (QED) is 0.759. The van der Waals surface area contributed by atoms with Crippen LogP contribution in [-0.4, -0.2) is 10.2 Å². The number of aromatic nitrogens is 1. The summed E-state index contributed by atoms with van der Waals surface area (Å²) in [6.07, 6.45) is -2.88. The van der Waals surface area contributed by atoms with Gasteiger partial charge in [0.15, 0.2) is 0 Å². The molecular weight excluding hydrogens is 249 g/mol. The lowest BCUT2D eigenvalue weighted by Crippen LogP contribution is -2.03. The Labute approximate surface area is 93.2 Å². The molecule has 15 heavy (non-hydrogen) atoms. The van der Waals surface area contributed by atoms with Crippen LogP contribution in [0.3, 0.4) is 0 Å². The molecule has 0 amide bonds. The zero-order chi connectivity index (χ0) is 11.6. The van der Waals surface area contributed by atoms with Crippen LogP contribution >= 0.6 is 23.2 Å². The van der Waals surface area contributed by atoms with E-state index in [0.717, 1.165) is 6.07 Å². The summed E-state index contributed by atoms with van der Waals surface area (Å²) in [5.74, 6) is 0. The molecule has 0 aromatic carbocycles. The first-order valence-electron chi connectivity index (χ1n) is 3.56. The van der Waals surface area contributed by atoms with Crippen molar-refractivity contribution in [3.05, 3.63) is 28.0 Å². The van der Waals surface area contributed by atoms with Gasteiger partial charge in [-0.3, -0.25) is 4.79 Å². The molecule has 0 bridgehead atoms. The SMILES string of the molecule is N#Cc1c(Cl)cc(C(F)F)nc1C(=O)Cl. The summed E-state index contributed by atoms with van der Waals surface area (Å²) in [5, 5.41) is 7.23. The predicted octanol–water partition coefficient (Wildman–Crippen LogP) is 2.92. The summed E-state index contributed by atoms with van der Waals surface area (Å²) in [4.78, 5) is 14.1. The summed E-state index contributed by atoms with van der Waals surface area (Å²) in [6, 6.07) is 2.39. The van der Waals surface area contributed by atoms with Crippen LogP contribution in [0, 0.1) is 11.3 Å². The molecule has 78 valence electrons. The van der Waals surface area contributed by atoms with E-state index in [1.807, 2.05) is 0 Å². The molecule has 0 spiro atoms. The van der Waals surface area contributed by atoms with Crippen LogP contribution in [0.4, 0.5) is 8.78 Å². The second kappa shape index (κ2) is 4.51. The number of pyridine rings is 1. The maximum atomic E-state index is 12.3. The highest BCUT2D eigenvalue weighted by molar-refractivity contribution is 6.67. The Balaban J connectivity index is 3.47. The first kappa shape index (κ1) is 11.8. The van der Waals surface area contributed by atoms with Gasteiger partial charge in [0.05, 0.1) is 5.02 Å². The molecule has 0 unspecified atom stereocenters. The number of nitriles is 1. The Morgan fingerprint density at radius 1 is 1.60 bits per heavy atom. The molecule has 0 radical (unpaired) electrons. The maximum absolute atomic E-state index is 12.3. The molecule has 0 aliphatic carbocycles. The van der Waals surface area contributed by atoms with Crippen molar-refractivity contribution < 1.29 is 13.6 Å². The van der Waals surface area contributed by atoms with Gasteiger partial charge in [0.1, 0.15) is 23.0 Å². The molecule has 1 aromatic rings. The minimum atomic E-state index is -2.88. The Bertz CT molecular complexity index is 457. The molecule has 3 nitrogen and oxygen atoms in total. The number of hydrogen-bond donors (Lipinski definition) is 0. The molecule has 0 aliphatic rings. The minimum absolute atomic E-state index is 0.271. The predicted molar refractivity (Wildman–Crippen MR) is 49.1 cm³/mol. The summed E-state index contributed by atoms with van der Waals surface area (Å²) in [7, 11) is 0. The molecule has 1 heterocycles. The topological polar surface area (TPSA) is 53.8 Å². The first-order valence-corrected chi connectivity index (χ1v) is 4.31. The van der Waals surface area contributed by atoms with Gasteiger partial charge in [0.25, 0.3) is 11.7 Å². The van der Waals surface area contributed by atoms with Crippen LogP contribution in [0.25, 0.3) is 0 Å². The number of rotatable bonds is 2. The van der Waals surface area contributed by atoms with E-state index in [-0.39, 0.29) is 10.6 Å². The molecule has 1 rings (SSSR count). The van der Waals surface area contributed by atoms with Gasteiger partial charge in [-0.15, -0.1) is 0 Å². The average molecular weight is 251 g/mol. The maximum Gasteiger partial charge on any atom is 0.280 e. The van der Waals surface area contributed by atoms with Gasteiger partial charge in [-0.2, -0.15) is 5.26 Å². The van der Waals surface area contributed by atoms with Gasteiger partial charge in [-0.1, -0.05) is 11.6 Å². The average Bonchev–Trinajstić information content (AvgIpc) is 2.16. The zero-order valence-corrected chi connectivity index (χ0v) is 8.48. The molecule has 7 heteroatoms. The van der Waals surface area contributed by atoms with Crippen molar-refractivity contribution in [3.8, 4) is 6.07 Å². The van der Waals surface area contributed by atoms with E-state index < -0.39 is 23.1 Å². The smallest absolute Gasteiger partial charge is 0.274 e. The standard InChI is InChI=1S/C8H2Cl2F2N2O/c9-4-1-5(8(11)12)14-6(7(10)15)3(4)2-13/h1,8H. The van der Waals surface area contributed by atoms with E-state index in [1.165, 1.54) is 0 Å². The summed E-state index contributed by atoms with van der Waals surface area (Å²) < 4.78 is 24.5. The molecule has 0 saturated carbocycles. The third-order valence-corrected chi connectivity index (χ3v) is 1.99. The van der Waals surface area contributed by atoms with Crippen molar-refractivity contribution in [2.24, 2.45) is 0 Å². The molecule has 0 saturated heterocycles. The van der Waals surface area contributed by atoms with Crippen LogP contribution in [0.15, 0.2) is 6.07 Å². The van der Waals surface area contributed by atoms with Gasteiger partial charge < -0.3 is 0 Å². The lowest BCUT2D eigenvalue weighted by molar-refractivity contribution is 0.107. The second-order valence-corrected chi connectivity index (χ2v) is 3.19. The molecule has 1 aromatic heterocycles. The van der Waals surface area contributed by atoms with Crippen molar-refractivity contribution >= 4 is 28.4 Å². The van der Waals surface area contributed by atoms with Crippen LogP contribution in [0.1, 0.15) is 28.2 Å². The highest BCUT2D eigenvalue weighted by Crippen LogP contribution is 2.25. The van der Waals surface area contributed by atoms with Crippen molar-refractivity contribution in [3.63, 3.8) is 0 Å². The number of carbonyl (C=O) groups is 1. The summed E-state index contributed by atoms with van der Waals surface area (Å²) in [5.41, 5.74) is -1.55. The third kappa shape index (κ3) is 2.41. The molecule has 0 aliphatic heterocycles. The van der Waals surface area contributed by atoms with Gasteiger partial charge in [-0.25, -0.2) is 13.8 Å². The van der Waals surface area contributed by atoms with E-state index in [4.69, 9.17) is 28.5 Å². The number of alkyl halides is 2. The number of nitrogens with zero attached hydrogens (tertiary/aromatic N) is 2. The highest BCUT2D eigenvalue weighted by atomic mass is 35.5. The fourth-order valence-electron chi connectivity index (χ4n) is 0.893. The second-order valence-electron chi connectivity index (χ2n) is 2.44. The minimum Gasteiger partial charge on any atom is -0.274 e. The number of hydrogen-bond acceptors (Lipinski definition) is 3. The van der Waals surface area contributed by atoms with Crippen LogP contribution < -0.4 is 0 Å². The monoisotopic (exact) mass is 250 g/mol. The number of carbonyl (C=O) groups excluding carboxylic acids is 1. The molecule has 0 fully saturated rings. The van der Waals surface area contributed by atoms with Crippen LogP contribution in [0.2, 0.25) is 5.02 Å². The Hall–Kier alpha value is -1.25. The summed E-state index contributed by atoms with van der Waals surface area (Å²) >= 11 is 10.6. The van der Waals surface area contributed by atoms with Crippen molar-refractivity contribution in [2.45, 2.75) is 6.43 Å². The van der Waals surface area contributed by atoms with Gasteiger partial charge in [0, 0.05) is 0 Å². The van der Waals surface area contributed by atoms with E-state index in [9.17, 15) is 13.6 Å². The molecule has 0 atom stereocenters. The highest BCUT2D eigenvalue weighted by Gasteiger charge is 2.19. The van der Waals surface area contributed by atoms with E-state index in [2.05, 4.69) is 4.98 Å². The van der Waals surface area contributed by atoms with Crippen molar-refractivity contribution in [2.75, 3.05) is 0 Å². The fraction of sp³-hybridized carbons (Fsp3) is 0.125. The van der Waals surface area contributed by atoms with Gasteiger partial charge in [-0.05, 0) is 17.7 Å². The normalized spacial score (nSPS) is 10.1. The molecule has 0 N–H and O–H groups in total. The summed E-state index contributed by atoms with van der Waals surface area (Å²) in [6.45, 7) is 0.